The van der Waals surface area contributed by atoms with Crippen LogP contribution in [0.2, 0.25) is 0 Å². The van der Waals surface area contributed by atoms with Crippen LogP contribution < -0.4 is 5.32 Å². The molecule has 1 saturated carbocycles. The first-order valence-corrected chi connectivity index (χ1v) is 10.9. The number of carbonyl (C=O) groups is 1. The smallest absolute Gasteiger partial charge is 0.234 e. The van der Waals surface area contributed by atoms with Crippen molar-refractivity contribution in [3.05, 3.63) is 54.4 Å². The van der Waals surface area contributed by atoms with E-state index in [2.05, 4.69) is 25.5 Å². The monoisotopic (exact) mass is 407 g/mol. The second-order valence-corrected chi connectivity index (χ2v) is 8.93. The lowest BCUT2D eigenvalue weighted by molar-refractivity contribution is -0.113. The van der Waals surface area contributed by atoms with E-state index in [0.29, 0.717) is 17.5 Å². The molecule has 0 bridgehead atoms. The van der Waals surface area contributed by atoms with Gasteiger partial charge in [-0.15, -0.1) is 11.3 Å². The molecule has 2 N–H and O–H groups in total. The van der Waals surface area contributed by atoms with Crippen LogP contribution in [0.5, 0.6) is 0 Å². The van der Waals surface area contributed by atoms with Crippen LogP contribution in [-0.2, 0) is 4.79 Å². The standard InChI is InChI=1S/C20H17N5OS2/c26-17(11-27-20-22-15-3-1-2-4-16(15)28-20)21-14-9-7-13(8-10-14)19-23-18(24-25-19)12-5-6-12/h1-4,7-10,12H,5-6,11H2,(H,21,26)(H,23,24,25). The van der Waals surface area contributed by atoms with Crippen LogP contribution >= 0.6 is 23.1 Å². The van der Waals surface area contributed by atoms with Gasteiger partial charge in [0.2, 0.25) is 5.91 Å². The number of para-hydroxylation sites is 1. The van der Waals surface area contributed by atoms with Gasteiger partial charge in [0.1, 0.15) is 5.82 Å². The number of nitrogens with one attached hydrogen (secondary N) is 2. The van der Waals surface area contributed by atoms with Gasteiger partial charge < -0.3 is 5.32 Å². The van der Waals surface area contributed by atoms with Crippen LogP contribution in [0.1, 0.15) is 24.6 Å². The minimum Gasteiger partial charge on any atom is -0.325 e. The number of aromatic nitrogens is 4. The maximum atomic E-state index is 12.3. The van der Waals surface area contributed by atoms with Crippen LogP contribution in [-0.4, -0.2) is 31.8 Å². The maximum absolute atomic E-state index is 12.3. The molecule has 0 atom stereocenters. The van der Waals surface area contributed by atoms with Crippen LogP contribution in [0.25, 0.3) is 21.6 Å². The van der Waals surface area contributed by atoms with E-state index in [0.717, 1.165) is 31.6 Å². The van der Waals surface area contributed by atoms with Gasteiger partial charge in [-0.25, -0.2) is 9.97 Å². The normalized spacial score (nSPS) is 13.7. The Balaban J connectivity index is 1.18. The highest BCUT2D eigenvalue weighted by molar-refractivity contribution is 8.01. The molecule has 1 fully saturated rings. The first kappa shape index (κ1) is 17.4. The molecule has 0 radical (unpaired) electrons. The van der Waals surface area contributed by atoms with Crippen molar-refractivity contribution in [1.29, 1.82) is 0 Å². The van der Waals surface area contributed by atoms with Gasteiger partial charge in [0.15, 0.2) is 10.2 Å². The Morgan fingerprint density at radius 3 is 2.75 bits per heavy atom. The van der Waals surface area contributed by atoms with Gasteiger partial charge in [-0.05, 0) is 49.2 Å². The number of nitrogens with zero attached hydrogens (tertiary/aromatic N) is 3. The van der Waals surface area contributed by atoms with Gasteiger partial charge in [-0.3, -0.25) is 9.89 Å². The number of thiazole rings is 1. The SMILES string of the molecule is O=C(CSc1nc2ccccc2s1)Nc1ccc(-c2n[nH]c(C3CC3)n2)cc1. The largest absolute Gasteiger partial charge is 0.325 e. The quantitative estimate of drug-likeness (QED) is 0.453. The predicted molar refractivity (Wildman–Crippen MR) is 113 cm³/mol. The molecule has 0 aliphatic heterocycles. The number of carbonyl (C=O) groups excluding carboxylic acids is 1. The van der Waals surface area contributed by atoms with Crippen molar-refractivity contribution in [3.8, 4) is 11.4 Å². The van der Waals surface area contributed by atoms with E-state index in [-0.39, 0.29) is 5.91 Å². The summed E-state index contributed by atoms with van der Waals surface area (Å²) < 4.78 is 2.04. The Labute approximate surface area is 169 Å². The number of anilines is 1. The molecule has 4 aromatic rings. The van der Waals surface area contributed by atoms with Gasteiger partial charge in [0, 0.05) is 17.2 Å². The summed E-state index contributed by atoms with van der Waals surface area (Å²) in [7, 11) is 0. The molecule has 28 heavy (non-hydrogen) atoms. The van der Waals surface area contributed by atoms with Crippen molar-refractivity contribution in [3.63, 3.8) is 0 Å². The van der Waals surface area contributed by atoms with Gasteiger partial charge >= 0.3 is 0 Å². The third-order valence-electron chi connectivity index (χ3n) is 4.49. The molecule has 0 spiro atoms. The van der Waals surface area contributed by atoms with E-state index < -0.39 is 0 Å². The molecule has 1 aliphatic rings. The zero-order valence-corrected chi connectivity index (χ0v) is 16.5. The van der Waals surface area contributed by atoms with Crippen LogP contribution in [0.3, 0.4) is 0 Å². The van der Waals surface area contributed by atoms with E-state index in [9.17, 15) is 4.79 Å². The molecule has 2 aromatic heterocycles. The number of thioether (sulfide) groups is 1. The van der Waals surface area contributed by atoms with Gasteiger partial charge in [-0.2, -0.15) is 5.10 Å². The number of rotatable bonds is 6. The summed E-state index contributed by atoms with van der Waals surface area (Å²) in [6.07, 6.45) is 2.38. The lowest BCUT2D eigenvalue weighted by Crippen LogP contribution is -2.13. The van der Waals surface area contributed by atoms with Gasteiger partial charge in [-0.1, -0.05) is 23.9 Å². The molecule has 0 unspecified atom stereocenters. The molecule has 1 aliphatic carbocycles. The van der Waals surface area contributed by atoms with Crippen molar-refractivity contribution in [2.45, 2.75) is 23.1 Å². The summed E-state index contributed by atoms with van der Waals surface area (Å²) in [5.41, 5.74) is 2.67. The molecule has 8 heteroatoms. The Morgan fingerprint density at radius 1 is 1.14 bits per heavy atom. The molecule has 2 aromatic carbocycles. The predicted octanol–water partition coefficient (Wildman–Crippen LogP) is 4.69. The Hall–Kier alpha value is -2.71. The second-order valence-electron chi connectivity index (χ2n) is 6.68. The van der Waals surface area contributed by atoms with Crippen LogP contribution in [0, 0.1) is 0 Å². The highest BCUT2D eigenvalue weighted by atomic mass is 32.2. The van der Waals surface area contributed by atoms with Crippen LogP contribution in [0.15, 0.2) is 52.9 Å². The van der Waals surface area contributed by atoms with Crippen molar-refractivity contribution >= 4 is 44.9 Å². The fraction of sp³-hybridized carbons (Fsp3) is 0.200. The van der Waals surface area contributed by atoms with Crippen molar-refractivity contribution in [2.75, 3.05) is 11.1 Å². The number of H-pyrrole nitrogens is 1. The number of fused-ring (bicyclic) bond motifs is 1. The summed E-state index contributed by atoms with van der Waals surface area (Å²) in [5, 5.41) is 10.2. The number of benzene rings is 2. The van der Waals surface area contributed by atoms with Crippen LogP contribution in [0.4, 0.5) is 5.69 Å². The van der Waals surface area contributed by atoms with Gasteiger partial charge in [0.05, 0.1) is 16.0 Å². The van der Waals surface area contributed by atoms with E-state index in [4.69, 9.17) is 0 Å². The Kier molecular flexibility index (Phi) is 4.58. The summed E-state index contributed by atoms with van der Waals surface area (Å²) >= 11 is 3.06. The number of hydrogen-bond donors (Lipinski definition) is 2. The molecule has 6 nitrogen and oxygen atoms in total. The summed E-state index contributed by atoms with van der Waals surface area (Å²) in [5.74, 6) is 2.50. The average molecular weight is 408 g/mol. The zero-order chi connectivity index (χ0) is 18.9. The maximum Gasteiger partial charge on any atom is 0.234 e. The first-order chi connectivity index (χ1) is 13.7. The summed E-state index contributed by atoms with van der Waals surface area (Å²) in [6, 6.07) is 15.6. The van der Waals surface area contributed by atoms with Gasteiger partial charge in [0.25, 0.3) is 0 Å². The van der Waals surface area contributed by atoms with E-state index in [1.54, 1.807) is 11.3 Å². The van der Waals surface area contributed by atoms with Crippen molar-refractivity contribution in [2.24, 2.45) is 0 Å². The fourth-order valence-corrected chi connectivity index (χ4v) is 4.75. The summed E-state index contributed by atoms with van der Waals surface area (Å²) in [6.45, 7) is 0. The topological polar surface area (TPSA) is 83.6 Å². The lowest BCUT2D eigenvalue weighted by atomic mass is 10.2. The number of amides is 1. The minimum absolute atomic E-state index is 0.0501. The zero-order valence-electron chi connectivity index (χ0n) is 14.9. The van der Waals surface area contributed by atoms with E-state index >= 15 is 0 Å². The van der Waals surface area contributed by atoms with E-state index in [1.807, 2.05) is 48.5 Å². The fourth-order valence-electron chi connectivity index (χ4n) is 2.88. The average Bonchev–Trinajstić information content (AvgIpc) is 3.29. The molecule has 140 valence electrons. The second kappa shape index (κ2) is 7.37. The number of hydrogen-bond acceptors (Lipinski definition) is 6. The number of aromatic amines is 1. The first-order valence-electron chi connectivity index (χ1n) is 9.05. The molecule has 1 amide bonds. The molecular weight excluding hydrogens is 390 g/mol. The molecule has 5 rings (SSSR count). The molecular formula is C20H17N5OS2. The van der Waals surface area contributed by atoms with Crippen molar-refractivity contribution in [1.82, 2.24) is 20.2 Å². The highest BCUT2D eigenvalue weighted by Crippen LogP contribution is 2.38. The highest BCUT2D eigenvalue weighted by Gasteiger charge is 2.27. The Bertz CT molecular complexity index is 1100. The minimum atomic E-state index is -0.0501. The van der Waals surface area contributed by atoms with Crippen molar-refractivity contribution < 1.29 is 4.79 Å². The molecule has 0 saturated heterocycles. The Morgan fingerprint density at radius 2 is 1.96 bits per heavy atom. The summed E-state index contributed by atoms with van der Waals surface area (Å²) in [4.78, 5) is 21.3. The van der Waals surface area contributed by atoms with E-state index in [1.165, 1.54) is 24.6 Å². The lowest BCUT2D eigenvalue weighted by Gasteiger charge is -2.04. The third-order valence-corrected chi connectivity index (χ3v) is 6.67. The third kappa shape index (κ3) is 3.79. The molecule has 2 heterocycles.